The first-order valence-electron chi connectivity index (χ1n) is 8.13. The van der Waals surface area contributed by atoms with Crippen LogP contribution in [0.1, 0.15) is 25.3 Å². The number of hydrogen-bond donors (Lipinski definition) is 2. The van der Waals surface area contributed by atoms with Gasteiger partial charge in [0.25, 0.3) is 5.91 Å². The Labute approximate surface area is 150 Å². The summed E-state index contributed by atoms with van der Waals surface area (Å²) < 4.78 is 1.09. The number of aromatic nitrogens is 1. The van der Waals surface area contributed by atoms with Gasteiger partial charge >= 0.3 is 0 Å². The standard InChI is InChI=1S/C19H20N4OS/c1-13(15-8-4-3-5-9-15)12-20-23-18(24)14(2)21-19-22-16-10-6-7-11-17(16)25-19/h3-14H,1-2H3,(H,21,22)(H,23,24)/b20-12-/t13-,14+/m1/s1. The largest absolute Gasteiger partial charge is 0.350 e. The molecule has 3 rings (SSSR count). The van der Waals surface area contributed by atoms with Gasteiger partial charge in [0.2, 0.25) is 0 Å². The van der Waals surface area contributed by atoms with Gasteiger partial charge in [-0.2, -0.15) is 5.10 Å². The van der Waals surface area contributed by atoms with Crippen molar-refractivity contribution in [2.24, 2.45) is 5.10 Å². The monoisotopic (exact) mass is 352 g/mol. The van der Waals surface area contributed by atoms with E-state index in [4.69, 9.17) is 0 Å². The summed E-state index contributed by atoms with van der Waals surface area (Å²) in [7, 11) is 0. The van der Waals surface area contributed by atoms with Crippen LogP contribution in [0, 0.1) is 0 Å². The molecule has 2 N–H and O–H groups in total. The predicted molar refractivity (Wildman–Crippen MR) is 104 cm³/mol. The molecule has 1 heterocycles. The summed E-state index contributed by atoms with van der Waals surface area (Å²) in [5, 5.41) is 7.92. The normalized spacial score (nSPS) is 13.7. The molecular formula is C19H20N4OS. The highest BCUT2D eigenvalue weighted by molar-refractivity contribution is 7.22. The molecule has 0 aliphatic rings. The van der Waals surface area contributed by atoms with Gasteiger partial charge in [-0.15, -0.1) is 0 Å². The lowest BCUT2D eigenvalue weighted by molar-refractivity contribution is -0.121. The van der Waals surface area contributed by atoms with Crippen molar-refractivity contribution in [3.63, 3.8) is 0 Å². The first-order valence-corrected chi connectivity index (χ1v) is 8.95. The molecule has 128 valence electrons. The summed E-state index contributed by atoms with van der Waals surface area (Å²) in [6, 6.07) is 17.5. The van der Waals surface area contributed by atoms with Crippen molar-refractivity contribution < 1.29 is 4.79 Å². The Balaban J connectivity index is 1.54. The Morgan fingerprint density at radius 1 is 1.12 bits per heavy atom. The van der Waals surface area contributed by atoms with Crippen LogP contribution in [0.2, 0.25) is 0 Å². The molecule has 6 heteroatoms. The Kier molecular flexibility index (Phi) is 5.40. The number of amides is 1. The number of nitrogens with zero attached hydrogens (tertiary/aromatic N) is 2. The van der Waals surface area contributed by atoms with Crippen LogP contribution in [0.3, 0.4) is 0 Å². The Morgan fingerprint density at radius 3 is 2.60 bits per heavy atom. The van der Waals surface area contributed by atoms with E-state index in [1.807, 2.05) is 61.5 Å². The van der Waals surface area contributed by atoms with Crippen LogP contribution in [0.15, 0.2) is 59.7 Å². The van der Waals surface area contributed by atoms with E-state index >= 15 is 0 Å². The Bertz CT molecular complexity index is 842. The molecule has 0 unspecified atom stereocenters. The molecule has 25 heavy (non-hydrogen) atoms. The molecule has 2 atom stereocenters. The van der Waals surface area contributed by atoms with E-state index in [0.717, 1.165) is 20.9 Å². The highest BCUT2D eigenvalue weighted by Crippen LogP contribution is 2.25. The first kappa shape index (κ1) is 17.1. The number of para-hydroxylation sites is 1. The molecule has 0 aliphatic carbocycles. The maximum absolute atomic E-state index is 12.2. The summed E-state index contributed by atoms with van der Waals surface area (Å²) in [6.45, 7) is 3.82. The molecule has 0 saturated carbocycles. The van der Waals surface area contributed by atoms with Gasteiger partial charge in [0.05, 0.1) is 10.2 Å². The highest BCUT2D eigenvalue weighted by Gasteiger charge is 2.14. The van der Waals surface area contributed by atoms with E-state index < -0.39 is 6.04 Å². The minimum atomic E-state index is -0.426. The van der Waals surface area contributed by atoms with Gasteiger partial charge in [-0.3, -0.25) is 4.79 Å². The third kappa shape index (κ3) is 4.42. The zero-order valence-electron chi connectivity index (χ0n) is 14.1. The van der Waals surface area contributed by atoms with E-state index in [2.05, 4.69) is 20.8 Å². The number of hydrogen-bond acceptors (Lipinski definition) is 5. The lowest BCUT2D eigenvalue weighted by atomic mass is 10.0. The maximum atomic E-state index is 12.2. The Hall–Kier alpha value is -2.73. The topological polar surface area (TPSA) is 66.4 Å². The smallest absolute Gasteiger partial charge is 0.262 e. The van der Waals surface area contributed by atoms with Crippen molar-refractivity contribution in [1.29, 1.82) is 0 Å². The van der Waals surface area contributed by atoms with Crippen LogP contribution in [-0.4, -0.2) is 23.1 Å². The van der Waals surface area contributed by atoms with Crippen LogP contribution in [0.5, 0.6) is 0 Å². The fourth-order valence-electron chi connectivity index (χ4n) is 2.34. The summed E-state index contributed by atoms with van der Waals surface area (Å²) >= 11 is 1.53. The third-order valence-corrected chi connectivity index (χ3v) is 4.79. The number of thiazole rings is 1. The minimum Gasteiger partial charge on any atom is -0.350 e. The number of nitrogens with one attached hydrogen (secondary N) is 2. The summed E-state index contributed by atoms with van der Waals surface area (Å²) in [5.41, 5.74) is 4.66. The van der Waals surface area contributed by atoms with Gasteiger partial charge in [0.15, 0.2) is 5.13 Å². The molecule has 0 saturated heterocycles. The van der Waals surface area contributed by atoms with E-state index in [-0.39, 0.29) is 11.8 Å². The van der Waals surface area contributed by atoms with Crippen molar-refractivity contribution in [1.82, 2.24) is 10.4 Å². The second-order valence-electron chi connectivity index (χ2n) is 5.81. The molecule has 1 amide bonds. The molecule has 1 aromatic heterocycles. The van der Waals surface area contributed by atoms with E-state index in [9.17, 15) is 4.79 Å². The van der Waals surface area contributed by atoms with Crippen molar-refractivity contribution >= 4 is 38.8 Å². The molecule has 0 radical (unpaired) electrons. The van der Waals surface area contributed by atoms with E-state index in [1.54, 1.807) is 13.1 Å². The van der Waals surface area contributed by atoms with Gasteiger partial charge in [0, 0.05) is 12.1 Å². The Morgan fingerprint density at radius 2 is 1.84 bits per heavy atom. The summed E-state index contributed by atoms with van der Waals surface area (Å²) in [5.74, 6) is -0.0650. The zero-order chi connectivity index (χ0) is 17.6. The molecule has 0 aliphatic heterocycles. The van der Waals surface area contributed by atoms with Crippen LogP contribution < -0.4 is 10.7 Å². The van der Waals surface area contributed by atoms with Gasteiger partial charge in [-0.05, 0) is 24.6 Å². The molecule has 0 spiro atoms. The third-order valence-electron chi connectivity index (χ3n) is 3.83. The van der Waals surface area contributed by atoms with Crippen molar-refractivity contribution in [2.75, 3.05) is 5.32 Å². The number of hydrazone groups is 1. The van der Waals surface area contributed by atoms with Crippen LogP contribution in [-0.2, 0) is 4.79 Å². The summed E-state index contributed by atoms with van der Waals surface area (Å²) in [6.07, 6.45) is 1.73. The average molecular weight is 352 g/mol. The van der Waals surface area contributed by atoms with Gasteiger partial charge < -0.3 is 5.32 Å². The highest BCUT2D eigenvalue weighted by atomic mass is 32.1. The number of carbonyl (C=O) groups excluding carboxylic acids is 1. The van der Waals surface area contributed by atoms with Crippen molar-refractivity contribution in [3.05, 3.63) is 60.2 Å². The van der Waals surface area contributed by atoms with Crippen LogP contribution in [0.25, 0.3) is 10.2 Å². The molecule has 0 fully saturated rings. The lowest BCUT2D eigenvalue weighted by Gasteiger charge is -2.11. The number of carbonyl (C=O) groups is 1. The van der Waals surface area contributed by atoms with Crippen molar-refractivity contribution in [3.8, 4) is 0 Å². The second-order valence-corrected chi connectivity index (χ2v) is 6.84. The van der Waals surface area contributed by atoms with Crippen molar-refractivity contribution in [2.45, 2.75) is 25.8 Å². The summed E-state index contributed by atoms with van der Waals surface area (Å²) in [4.78, 5) is 16.6. The number of anilines is 1. The van der Waals surface area contributed by atoms with Crippen LogP contribution in [0.4, 0.5) is 5.13 Å². The fraction of sp³-hybridized carbons (Fsp3) is 0.211. The first-order chi connectivity index (χ1) is 12.1. The van der Waals surface area contributed by atoms with E-state index in [0.29, 0.717) is 0 Å². The molecule has 2 aromatic carbocycles. The number of rotatable bonds is 6. The number of benzene rings is 2. The molecular weight excluding hydrogens is 332 g/mol. The van der Waals surface area contributed by atoms with Gasteiger partial charge in [-0.1, -0.05) is 60.7 Å². The molecule has 5 nitrogen and oxygen atoms in total. The lowest BCUT2D eigenvalue weighted by Crippen LogP contribution is -2.34. The second kappa shape index (κ2) is 7.90. The zero-order valence-corrected chi connectivity index (χ0v) is 15.0. The molecule has 0 bridgehead atoms. The quantitative estimate of drug-likeness (QED) is 0.520. The SMILES string of the molecule is C[C@H](Nc1nc2ccccc2s1)C(=O)N/N=C\[C@@H](C)c1ccccc1. The average Bonchev–Trinajstić information content (AvgIpc) is 3.04. The number of fused-ring (bicyclic) bond motifs is 1. The van der Waals surface area contributed by atoms with Gasteiger partial charge in [0.1, 0.15) is 6.04 Å². The van der Waals surface area contributed by atoms with E-state index in [1.165, 1.54) is 11.3 Å². The fourth-order valence-corrected chi connectivity index (χ4v) is 3.29. The van der Waals surface area contributed by atoms with Gasteiger partial charge in [-0.25, -0.2) is 10.4 Å². The maximum Gasteiger partial charge on any atom is 0.262 e. The minimum absolute atomic E-state index is 0.133. The predicted octanol–water partition coefficient (Wildman–Crippen LogP) is 4.00. The van der Waals surface area contributed by atoms with Crippen LogP contribution >= 0.6 is 11.3 Å². The molecule has 3 aromatic rings.